The van der Waals surface area contributed by atoms with E-state index in [9.17, 15) is 9.59 Å². The molecule has 1 heterocycles. The molecule has 0 bridgehead atoms. The Morgan fingerprint density at radius 2 is 2.08 bits per heavy atom. The molecule has 5 nitrogen and oxygen atoms in total. The van der Waals surface area contributed by atoms with Gasteiger partial charge in [0.15, 0.2) is 4.77 Å². The van der Waals surface area contributed by atoms with E-state index in [-0.39, 0.29) is 17.5 Å². The summed E-state index contributed by atoms with van der Waals surface area (Å²) in [5.74, 6) is 1.60. The number of carbonyl (C=O) groups excluding carboxylic acids is 1. The largest absolute Gasteiger partial charge is 0.349 e. The van der Waals surface area contributed by atoms with Crippen molar-refractivity contribution >= 4 is 29.0 Å². The minimum Gasteiger partial charge on any atom is -0.349 e. The lowest BCUT2D eigenvalue weighted by molar-refractivity contribution is 0.0868. The molecule has 0 radical (unpaired) electrons. The lowest BCUT2D eigenvalue weighted by Crippen LogP contribution is -2.45. The molecule has 0 saturated heterocycles. The van der Waals surface area contributed by atoms with Gasteiger partial charge in [0.25, 0.3) is 11.5 Å². The van der Waals surface area contributed by atoms with Crippen molar-refractivity contribution < 1.29 is 4.79 Å². The lowest BCUT2D eigenvalue weighted by atomic mass is 9.74. The van der Waals surface area contributed by atoms with Gasteiger partial charge in [0, 0.05) is 18.7 Å². The highest BCUT2D eigenvalue weighted by molar-refractivity contribution is 7.71. The third-order valence-electron chi connectivity index (χ3n) is 5.70. The molecule has 1 fully saturated rings. The first-order valence-corrected chi connectivity index (χ1v) is 9.72. The molecule has 1 saturated carbocycles. The number of benzene rings is 1. The molecule has 1 amide bonds. The van der Waals surface area contributed by atoms with Gasteiger partial charge in [-0.15, -0.1) is 0 Å². The highest BCUT2D eigenvalue weighted by atomic mass is 32.1. The second-order valence-corrected chi connectivity index (χ2v) is 8.35. The monoisotopic (exact) mass is 373 g/mol. The Labute approximate surface area is 158 Å². The Bertz CT molecular complexity index is 944. The summed E-state index contributed by atoms with van der Waals surface area (Å²) in [6.45, 7) is 6.71. The molecular weight excluding hydrogens is 346 g/mol. The number of hydrogen-bond acceptors (Lipinski definition) is 3. The van der Waals surface area contributed by atoms with E-state index >= 15 is 0 Å². The lowest BCUT2D eigenvalue weighted by Gasteiger charge is -2.37. The van der Waals surface area contributed by atoms with Gasteiger partial charge < -0.3 is 10.3 Å². The molecule has 1 aromatic carbocycles. The average Bonchev–Trinajstić information content (AvgIpc) is 2.59. The van der Waals surface area contributed by atoms with Gasteiger partial charge in [-0.05, 0) is 61.0 Å². The Balaban J connectivity index is 1.88. The van der Waals surface area contributed by atoms with Crippen molar-refractivity contribution in [1.29, 1.82) is 0 Å². The van der Waals surface area contributed by atoms with Crippen molar-refractivity contribution in [2.75, 3.05) is 0 Å². The molecule has 1 aliphatic rings. The minimum absolute atomic E-state index is 0.0864. The number of aromatic amines is 1. The van der Waals surface area contributed by atoms with E-state index in [1.807, 2.05) is 0 Å². The van der Waals surface area contributed by atoms with E-state index < -0.39 is 0 Å². The minimum atomic E-state index is -0.156. The number of amides is 1. The quantitative estimate of drug-likeness (QED) is 0.805. The number of carbonyl (C=O) groups is 1. The Morgan fingerprint density at radius 3 is 2.77 bits per heavy atom. The predicted molar refractivity (Wildman–Crippen MR) is 107 cm³/mol. The van der Waals surface area contributed by atoms with E-state index in [4.69, 9.17) is 12.2 Å². The molecule has 2 N–H and O–H groups in total. The van der Waals surface area contributed by atoms with Crippen LogP contribution in [-0.2, 0) is 7.05 Å². The number of rotatable bonds is 3. The third-order valence-corrected chi connectivity index (χ3v) is 6.08. The molecule has 3 rings (SSSR count). The van der Waals surface area contributed by atoms with Gasteiger partial charge in [0.05, 0.1) is 10.9 Å². The maximum absolute atomic E-state index is 12.8. The van der Waals surface area contributed by atoms with Gasteiger partial charge in [-0.3, -0.25) is 14.2 Å². The number of nitrogens with zero attached hydrogens (tertiary/aromatic N) is 1. The first kappa shape index (κ1) is 18.8. The van der Waals surface area contributed by atoms with Crippen molar-refractivity contribution in [3.63, 3.8) is 0 Å². The van der Waals surface area contributed by atoms with Crippen molar-refractivity contribution in [2.24, 2.45) is 24.8 Å². The first-order chi connectivity index (χ1) is 12.3. The number of aromatic nitrogens is 2. The zero-order chi connectivity index (χ0) is 19.0. The van der Waals surface area contributed by atoms with E-state index in [1.54, 1.807) is 25.2 Å². The second-order valence-electron chi connectivity index (χ2n) is 7.96. The van der Waals surface area contributed by atoms with Gasteiger partial charge in [0.2, 0.25) is 0 Å². The van der Waals surface area contributed by atoms with Crippen LogP contribution in [0.2, 0.25) is 0 Å². The van der Waals surface area contributed by atoms with Crippen LogP contribution >= 0.6 is 12.2 Å². The molecule has 1 aliphatic carbocycles. The van der Waals surface area contributed by atoms with Gasteiger partial charge in [-0.2, -0.15) is 0 Å². The molecule has 140 valence electrons. The predicted octanol–water partition coefficient (Wildman–Crippen LogP) is 3.79. The summed E-state index contributed by atoms with van der Waals surface area (Å²) in [6.07, 6.45) is 3.40. The van der Waals surface area contributed by atoms with Crippen molar-refractivity contribution in [3.05, 3.63) is 38.9 Å². The standard InChI is InChI=1S/C20H27N3O2S/c1-11(2)14-7-5-12(3)9-16(14)21-18(24)13-6-8-15-17(10-13)22-20(26)23(4)19(15)25/h6,8,10-12,14,16H,5,7,9H2,1-4H3,(H,21,24)(H,22,26). The number of H-pyrrole nitrogens is 1. The zero-order valence-corrected chi connectivity index (χ0v) is 16.7. The van der Waals surface area contributed by atoms with Crippen molar-refractivity contribution in [1.82, 2.24) is 14.9 Å². The third kappa shape index (κ3) is 3.61. The van der Waals surface area contributed by atoms with Gasteiger partial charge >= 0.3 is 0 Å². The molecule has 2 aromatic rings. The van der Waals surface area contributed by atoms with Crippen LogP contribution < -0.4 is 10.9 Å². The molecule has 6 heteroatoms. The van der Waals surface area contributed by atoms with Crippen molar-refractivity contribution in [3.8, 4) is 0 Å². The van der Waals surface area contributed by atoms with E-state index in [0.29, 0.717) is 39.0 Å². The fourth-order valence-corrected chi connectivity index (χ4v) is 4.26. The van der Waals surface area contributed by atoms with Crippen LogP contribution in [0, 0.1) is 22.5 Å². The van der Waals surface area contributed by atoms with Crippen LogP contribution in [0.5, 0.6) is 0 Å². The van der Waals surface area contributed by atoms with Gasteiger partial charge in [-0.25, -0.2) is 0 Å². The Hall–Kier alpha value is -1.95. The topological polar surface area (TPSA) is 66.9 Å². The Kier molecular flexibility index (Phi) is 5.32. The maximum Gasteiger partial charge on any atom is 0.261 e. The summed E-state index contributed by atoms with van der Waals surface area (Å²) in [5.41, 5.74) is 0.997. The van der Waals surface area contributed by atoms with Gasteiger partial charge in [-0.1, -0.05) is 27.2 Å². The second kappa shape index (κ2) is 7.35. The van der Waals surface area contributed by atoms with E-state index in [0.717, 1.165) is 12.8 Å². The van der Waals surface area contributed by atoms with Crippen LogP contribution in [0.1, 0.15) is 50.4 Å². The highest BCUT2D eigenvalue weighted by Crippen LogP contribution is 2.33. The fourth-order valence-electron chi connectivity index (χ4n) is 4.07. The summed E-state index contributed by atoms with van der Waals surface area (Å²) in [4.78, 5) is 28.1. The Morgan fingerprint density at radius 1 is 1.35 bits per heavy atom. The van der Waals surface area contributed by atoms with E-state index in [2.05, 4.69) is 31.1 Å². The van der Waals surface area contributed by atoms with Crippen LogP contribution in [0.4, 0.5) is 0 Å². The summed E-state index contributed by atoms with van der Waals surface area (Å²) in [6, 6.07) is 5.33. The van der Waals surface area contributed by atoms with Crippen LogP contribution in [0.15, 0.2) is 23.0 Å². The summed E-state index contributed by atoms with van der Waals surface area (Å²) >= 11 is 5.17. The molecule has 26 heavy (non-hydrogen) atoms. The molecule has 0 spiro atoms. The molecule has 3 atom stereocenters. The smallest absolute Gasteiger partial charge is 0.261 e. The molecule has 0 aliphatic heterocycles. The van der Waals surface area contributed by atoms with Gasteiger partial charge in [0.1, 0.15) is 0 Å². The maximum atomic E-state index is 12.8. The SMILES string of the molecule is CC1CCC(C(C)C)C(NC(=O)c2ccc3c(=O)n(C)c(=S)[nH]c3c2)C1. The summed E-state index contributed by atoms with van der Waals surface area (Å²) < 4.78 is 1.75. The first-order valence-electron chi connectivity index (χ1n) is 9.32. The molecule has 3 unspecified atom stereocenters. The summed E-state index contributed by atoms with van der Waals surface area (Å²) in [7, 11) is 1.64. The molecular formula is C20H27N3O2S. The average molecular weight is 374 g/mol. The van der Waals surface area contributed by atoms with Crippen molar-refractivity contribution in [2.45, 2.75) is 46.1 Å². The number of fused-ring (bicyclic) bond motifs is 1. The number of nitrogens with one attached hydrogen (secondary N) is 2. The van der Waals surface area contributed by atoms with Crippen LogP contribution in [-0.4, -0.2) is 21.5 Å². The highest BCUT2D eigenvalue weighted by Gasteiger charge is 2.31. The van der Waals surface area contributed by atoms with Crippen LogP contribution in [0.3, 0.4) is 0 Å². The zero-order valence-electron chi connectivity index (χ0n) is 15.8. The summed E-state index contributed by atoms with van der Waals surface area (Å²) in [5, 5.41) is 3.77. The number of hydrogen-bond donors (Lipinski definition) is 2. The fraction of sp³-hybridized carbons (Fsp3) is 0.550. The normalized spacial score (nSPS) is 23.3. The molecule has 1 aromatic heterocycles. The van der Waals surface area contributed by atoms with Crippen LogP contribution in [0.25, 0.3) is 10.9 Å². The van der Waals surface area contributed by atoms with E-state index in [1.165, 1.54) is 11.0 Å².